The predicted molar refractivity (Wildman–Crippen MR) is 93.1 cm³/mol. The van der Waals surface area contributed by atoms with Crippen molar-refractivity contribution in [2.45, 2.75) is 32.9 Å². The van der Waals surface area contributed by atoms with Crippen molar-refractivity contribution in [1.29, 1.82) is 0 Å². The summed E-state index contributed by atoms with van der Waals surface area (Å²) >= 11 is 5.09. The summed E-state index contributed by atoms with van der Waals surface area (Å²) in [7, 11) is 0. The van der Waals surface area contributed by atoms with Crippen LogP contribution >= 0.6 is 12.2 Å². The summed E-state index contributed by atoms with van der Waals surface area (Å²) in [5, 5.41) is 5.69. The van der Waals surface area contributed by atoms with Gasteiger partial charge in [-0.2, -0.15) is 0 Å². The fourth-order valence-corrected chi connectivity index (χ4v) is 2.00. The van der Waals surface area contributed by atoms with Crippen molar-refractivity contribution in [3.8, 4) is 0 Å². The summed E-state index contributed by atoms with van der Waals surface area (Å²) in [5.41, 5.74) is 11.3. The lowest BCUT2D eigenvalue weighted by Gasteiger charge is -2.23. The van der Waals surface area contributed by atoms with Gasteiger partial charge in [0, 0.05) is 6.54 Å². The van der Waals surface area contributed by atoms with Crippen LogP contribution < -0.4 is 27.2 Å². The van der Waals surface area contributed by atoms with E-state index in [0.717, 1.165) is 12.0 Å². The molecule has 0 radical (unpaired) electrons. The van der Waals surface area contributed by atoms with Crippen LogP contribution in [0.15, 0.2) is 30.3 Å². The number of nitrogens with one attached hydrogen (secondary N) is 4. The van der Waals surface area contributed by atoms with Crippen molar-refractivity contribution >= 4 is 29.3 Å². The van der Waals surface area contributed by atoms with E-state index in [-0.39, 0.29) is 11.0 Å². The minimum atomic E-state index is -0.741. The molecular weight excluding hydrogens is 314 g/mol. The molecule has 3 amide bonds. The van der Waals surface area contributed by atoms with Gasteiger partial charge in [-0.1, -0.05) is 50.6 Å². The molecule has 0 saturated carbocycles. The van der Waals surface area contributed by atoms with Crippen LogP contribution in [0.2, 0.25) is 0 Å². The van der Waals surface area contributed by atoms with Crippen LogP contribution in [-0.2, 0) is 11.3 Å². The third kappa shape index (κ3) is 6.96. The SMILES string of the molecule is CC[C@H](C)[C@H](NC(N)=O)C(=O)NNC(=S)NCc1ccccc1. The Labute approximate surface area is 141 Å². The molecule has 1 aromatic carbocycles. The summed E-state index contributed by atoms with van der Waals surface area (Å²) in [6.07, 6.45) is 0.717. The highest BCUT2D eigenvalue weighted by atomic mass is 32.1. The normalized spacial score (nSPS) is 12.6. The molecule has 1 aromatic rings. The number of rotatable bonds is 6. The number of thiocarbonyl (C=S) groups is 1. The first-order valence-corrected chi connectivity index (χ1v) is 7.78. The Balaban J connectivity index is 2.43. The number of carbonyl (C=O) groups is 2. The number of hydrazine groups is 1. The number of hydrogen-bond donors (Lipinski definition) is 5. The molecule has 0 heterocycles. The largest absolute Gasteiger partial charge is 0.357 e. The monoisotopic (exact) mass is 337 g/mol. The van der Waals surface area contributed by atoms with Gasteiger partial charge < -0.3 is 16.4 Å². The predicted octanol–water partition coefficient (Wildman–Crippen LogP) is 0.765. The van der Waals surface area contributed by atoms with Gasteiger partial charge in [-0.15, -0.1) is 0 Å². The molecule has 2 atom stereocenters. The van der Waals surface area contributed by atoms with Crippen molar-refractivity contribution < 1.29 is 9.59 Å². The number of urea groups is 1. The van der Waals surface area contributed by atoms with Gasteiger partial charge >= 0.3 is 6.03 Å². The first kappa shape index (κ1) is 18.7. The Morgan fingerprint density at radius 3 is 2.43 bits per heavy atom. The minimum Gasteiger partial charge on any atom is -0.357 e. The van der Waals surface area contributed by atoms with Crippen LogP contribution in [0, 0.1) is 5.92 Å². The highest BCUT2D eigenvalue weighted by molar-refractivity contribution is 7.80. The van der Waals surface area contributed by atoms with E-state index in [1.165, 1.54) is 0 Å². The molecule has 0 aliphatic heterocycles. The van der Waals surface area contributed by atoms with Crippen molar-refractivity contribution in [3.05, 3.63) is 35.9 Å². The molecule has 0 fully saturated rings. The van der Waals surface area contributed by atoms with Gasteiger partial charge in [0.05, 0.1) is 0 Å². The fraction of sp³-hybridized carbons (Fsp3) is 0.400. The zero-order chi connectivity index (χ0) is 17.2. The molecular formula is C15H23N5O2S. The summed E-state index contributed by atoms with van der Waals surface area (Å²) in [4.78, 5) is 23.1. The van der Waals surface area contributed by atoms with Crippen LogP contribution in [0.1, 0.15) is 25.8 Å². The molecule has 6 N–H and O–H groups in total. The number of hydrogen-bond acceptors (Lipinski definition) is 3. The standard InChI is InChI=1S/C15H23N5O2S/c1-3-10(2)12(18-14(16)22)13(21)19-20-15(23)17-9-11-7-5-4-6-8-11/h4-8,10,12H,3,9H2,1-2H3,(H,19,21)(H3,16,18,22)(H2,17,20,23)/t10-,12-/m0/s1. The van der Waals surface area contributed by atoms with E-state index in [1.54, 1.807) is 0 Å². The minimum absolute atomic E-state index is 0.0600. The third-order valence-corrected chi connectivity index (χ3v) is 3.63. The topological polar surface area (TPSA) is 108 Å². The van der Waals surface area contributed by atoms with Crippen LogP contribution in [0.3, 0.4) is 0 Å². The maximum atomic E-state index is 12.1. The first-order chi connectivity index (χ1) is 10.9. The Morgan fingerprint density at radius 2 is 1.87 bits per heavy atom. The van der Waals surface area contributed by atoms with Crippen LogP contribution in [0.5, 0.6) is 0 Å². The van der Waals surface area contributed by atoms with E-state index in [4.69, 9.17) is 18.0 Å². The molecule has 1 rings (SSSR count). The van der Waals surface area contributed by atoms with Gasteiger partial charge in [-0.25, -0.2) is 4.79 Å². The van der Waals surface area contributed by atoms with E-state index in [1.807, 2.05) is 44.2 Å². The van der Waals surface area contributed by atoms with Crippen molar-refractivity contribution in [3.63, 3.8) is 0 Å². The molecule has 126 valence electrons. The molecule has 0 unspecified atom stereocenters. The van der Waals surface area contributed by atoms with Gasteiger partial charge in [0.2, 0.25) is 0 Å². The maximum absolute atomic E-state index is 12.1. The highest BCUT2D eigenvalue weighted by Crippen LogP contribution is 2.07. The second-order valence-electron chi connectivity index (χ2n) is 5.15. The zero-order valence-electron chi connectivity index (χ0n) is 13.3. The molecule has 0 aromatic heterocycles. The molecule has 7 nitrogen and oxygen atoms in total. The lowest BCUT2D eigenvalue weighted by molar-refractivity contribution is -0.124. The summed E-state index contributed by atoms with van der Waals surface area (Å²) in [6, 6.07) is 8.26. The highest BCUT2D eigenvalue weighted by Gasteiger charge is 2.25. The van der Waals surface area contributed by atoms with Gasteiger partial charge in [-0.3, -0.25) is 15.6 Å². The van der Waals surface area contributed by atoms with E-state index in [2.05, 4.69) is 21.5 Å². The zero-order valence-corrected chi connectivity index (χ0v) is 14.1. The Morgan fingerprint density at radius 1 is 1.22 bits per heavy atom. The Bertz CT molecular complexity index is 538. The van der Waals surface area contributed by atoms with E-state index < -0.39 is 18.0 Å². The van der Waals surface area contributed by atoms with E-state index >= 15 is 0 Å². The van der Waals surface area contributed by atoms with Gasteiger partial charge in [0.1, 0.15) is 6.04 Å². The molecule has 0 bridgehead atoms. The van der Waals surface area contributed by atoms with Crippen LogP contribution in [0.4, 0.5) is 4.79 Å². The first-order valence-electron chi connectivity index (χ1n) is 7.37. The van der Waals surface area contributed by atoms with Gasteiger partial charge in [0.15, 0.2) is 5.11 Å². The Kier molecular flexibility index (Phi) is 7.82. The maximum Gasteiger partial charge on any atom is 0.312 e. The molecule has 0 aliphatic carbocycles. The lowest BCUT2D eigenvalue weighted by Crippen LogP contribution is -2.56. The molecule has 0 saturated heterocycles. The van der Waals surface area contributed by atoms with Crippen LogP contribution in [0.25, 0.3) is 0 Å². The molecule has 23 heavy (non-hydrogen) atoms. The van der Waals surface area contributed by atoms with E-state index in [9.17, 15) is 9.59 Å². The van der Waals surface area contributed by atoms with Crippen LogP contribution in [-0.4, -0.2) is 23.1 Å². The lowest BCUT2D eigenvalue weighted by atomic mass is 9.99. The molecule has 8 heteroatoms. The number of primary amides is 1. The van der Waals surface area contributed by atoms with Gasteiger partial charge in [0.25, 0.3) is 5.91 Å². The third-order valence-electron chi connectivity index (χ3n) is 3.39. The van der Waals surface area contributed by atoms with Gasteiger partial charge in [-0.05, 0) is 23.7 Å². The molecule has 0 aliphatic rings. The van der Waals surface area contributed by atoms with Crippen molar-refractivity contribution in [2.24, 2.45) is 11.7 Å². The summed E-state index contributed by atoms with van der Waals surface area (Å²) in [5.74, 6) is -0.461. The summed E-state index contributed by atoms with van der Waals surface area (Å²) in [6.45, 7) is 4.32. The fourth-order valence-electron chi connectivity index (χ4n) is 1.87. The quantitative estimate of drug-likeness (QED) is 0.389. The Hall–Kier alpha value is -2.35. The average Bonchev–Trinajstić information content (AvgIpc) is 2.55. The number of nitrogens with two attached hydrogens (primary N) is 1. The number of amides is 3. The number of benzene rings is 1. The summed E-state index contributed by atoms with van der Waals surface area (Å²) < 4.78 is 0. The molecule has 0 spiro atoms. The average molecular weight is 337 g/mol. The van der Waals surface area contributed by atoms with Crippen molar-refractivity contribution in [1.82, 2.24) is 21.5 Å². The van der Waals surface area contributed by atoms with Crippen molar-refractivity contribution in [2.75, 3.05) is 0 Å². The number of carbonyl (C=O) groups excluding carboxylic acids is 2. The second kappa shape index (κ2) is 9.62. The second-order valence-corrected chi connectivity index (χ2v) is 5.56. The van der Waals surface area contributed by atoms with E-state index in [0.29, 0.717) is 6.54 Å². The smallest absolute Gasteiger partial charge is 0.312 e.